The van der Waals surface area contributed by atoms with Crippen LogP contribution in [-0.4, -0.2) is 62.7 Å². The van der Waals surface area contributed by atoms with Crippen LogP contribution in [0, 0.1) is 13.8 Å². The zero-order valence-electron chi connectivity index (χ0n) is 20.5. The van der Waals surface area contributed by atoms with E-state index in [0.717, 1.165) is 29.8 Å². The van der Waals surface area contributed by atoms with Crippen molar-refractivity contribution in [3.05, 3.63) is 63.6 Å². The van der Waals surface area contributed by atoms with Crippen LogP contribution in [0.25, 0.3) is 0 Å². The van der Waals surface area contributed by atoms with Crippen molar-refractivity contribution < 1.29 is 18.0 Å². The van der Waals surface area contributed by atoms with Crippen LogP contribution in [0.2, 0.25) is 0 Å². The van der Waals surface area contributed by atoms with Crippen molar-refractivity contribution >= 4 is 43.6 Å². The zero-order valence-corrected chi connectivity index (χ0v) is 22.9. The second-order valence-electron chi connectivity index (χ2n) is 8.31. The van der Waals surface area contributed by atoms with E-state index in [-0.39, 0.29) is 12.5 Å². The molecule has 2 aromatic carbocycles. The molecule has 0 aliphatic rings. The Morgan fingerprint density at radius 3 is 2.24 bits per heavy atom. The predicted molar refractivity (Wildman–Crippen MR) is 139 cm³/mol. The number of hydrogen-bond donors (Lipinski definition) is 1. The molecule has 0 aromatic heterocycles. The van der Waals surface area contributed by atoms with E-state index in [9.17, 15) is 18.0 Å². The minimum absolute atomic E-state index is 0.160. The van der Waals surface area contributed by atoms with E-state index in [2.05, 4.69) is 21.2 Å². The van der Waals surface area contributed by atoms with E-state index in [1.807, 2.05) is 43.3 Å². The molecule has 0 unspecified atom stereocenters. The Morgan fingerprint density at radius 1 is 1.06 bits per heavy atom. The first kappa shape index (κ1) is 27.8. The lowest BCUT2D eigenvalue weighted by atomic mass is 10.1. The quantitative estimate of drug-likeness (QED) is 0.490. The fourth-order valence-electron chi connectivity index (χ4n) is 3.38. The third kappa shape index (κ3) is 6.80. The normalized spacial score (nSPS) is 12.4. The van der Waals surface area contributed by atoms with Crippen molar-refractivity contribution in [1.82, 2.24) is 14.5 Å². The number of benzene rings is 2. The first-order valence-electron chi connectivity index (χ1n) is 11.0. The minimum Gasteiger partial charge on any atom is -0.355 e. The Labute approximate surface area is 211 Å². The van der Waals surface area contributed by atoms with E-state index in [1.165, 1.54) is 19.0 Å². The van der Waals surface area contributed by atoms with Gasteiger partial charge in [-0.15, -0.1) is 0 Å². The Kier molecular flexibility index (Phi) is 9.66. The number of carbonyl (C=O) groups is 2. The first-order chi connectivity index (χ1) is 15.9. The second-order valence-corrected chi connectivity index (χ2v) is 11.3. The average molecular weight is 554 g/mol. The fourth-order valence-corrected chi connectivity index (χ4v) is 4.76. The maximum atomic E-state index is 13.6. The summed E-state index contributed by atoms with van der Waals surface area (Å²) in [6.07, 6.45) is 0. The standard InChI is InChI=1S/C24H33BrN4O4S/c1-7-26-24(31)19(4)28(15-20-10-12-21(25)13-11-20)23(30)16-29(34(32,33)27(5)6)22-14-17(2)8-9-18(22)3/h8-14,19H,7,15-16H2,1-6H3,(H,26,31)/t19-/m0/s1. The van der Waals surface area contributed by atoms with Gasteiger partial charge >= 0.3 is 10.2 Å². The zero-order chi connectivity index (χ0) is 25.6. The number of amides is 2. The number of aryl methyl sites for hydroxylation is 2. The highest BCUT2D eigenvalue weighted by Gasteiger charge is 2.33. The lowest BCUT2D eigenvalue weighted by Gasteiger charge is -2.33. The lowest BCUT2D eigenvalue weighted by Crippen LogP contribution is -2.52. The molecule has 34 heavy (non-hydrogen) atoms. The number of hydrogen-bond acceptors (Lipinski definition) is 4. The summed E-state index contributed by atoms with van der Waals surface area (Å²) in [5, 5.41) is 2.75. The van der Waals surface area contributed by atoms with Crippen LogP contribution in [-0.2, 0) is 26.3 Å². The highest BCUT2D eigenvalue weighted by Crippen LogP contribution is 2.26. The number of nitrogens with one attached hydrogen (secondary N) is 1. The van der Waals surface area contributed by atoms with E-state index >= 15 is 0 Å². The summed E-state index contributed by atoms with van der Waals surface area (Å²) in [7, 11) is -1.13. The van der Waals surface area contributed by atoms with Crippen LogP contribution in [0.15, 0.2) is 46.9 Å². The molecule has 1 N–H and O–H groups in total. The maximum Gasteiger partial charge on any atom is 0.304 e. The van der Waals surface area contributed by atoms with Gasteiger partial charge in [0, 0.05) is 31.7 Å². The molecule has 0 spiro atoms. The van der Waals surface area contributed by atoms with Gasteiger partial charge in [0.05, 0.1) is 5.69 Å². The molecule has 10 heteroatoms. The highest BCUT2D eigenvalue weighted by molar-refractivity contribution is 9.10. The monoisotopic (exact) mass is 552 g/mol. The summed E-state index contributed by atoms with van der Waals surface area (Å²) in [5.74, 6) is -0.783. The number of rotatable bonds is 10. The number of carbonyl (C=O) groups excluding carboxylic acids is 2. The summed E-state index contributed by atoms with van der Waals surface area (Å²) in [6, 6.07) is 12.1. The molecule has 1 atom stereocenters. The van der Waals surface area contributed by atoms with Crippen LogP contribution in [0.4, 0.5) is 5.69 Å². The average Bonchev–Trinajstić information content (AvgIpc) is 2.78. The van der Waals surface area contributed by atoms with Crippen molar-refractivity contribution in [2.45, 2.75) is 40.3 Å². The first-order valence-corrected chi connectivity index (χ1v) is 13.2. The largest absolute Gasteiger partial charge is 0.355 e. The second kappa shape index (κ2) is 11.8. The maximum absolute atomic E-state index is 13.6. The summed E-state index contributed by atoms with van der Waals surface area (Å²) in [6.45, 7) is 7.25. The number of nitrogens with zero attached hydrogens (tertiary/aromatic N) is 3. The molecule has 0 aliphatic carbocycles. The van der Waals surface area contributed by atoms with Gasteiger partial charge in [0.25, 0.3) is 0 Å². The number of anilines is 1. The molecule has 0 radical (unpaired) electrons. The van der Waals surface area contributed by atoms with Crippen molar-refractivity contribution in [2.24, 2.45) is 0 Å². The van der Waals surface area contributed by atoms with Crippen molar-refractivity contribution in [3.8, 4) is 0 Å². The van der Waals surface area contributed by atoms with Crippen molar-refractivity contribution in [1.29, 1.82) is 0 Å². The van der Waals surface area contributed by atoms with Crippen LogP contribution >= 0.6 is 15.9 Å². The van der Waals surface area contributed by atoms with Crippen LogP contribution in [0.5, 0.6) is 0 Å². The summed E-state index contributed by atoms with van der Waals surface area (Å²) in [4.78, 5) is 27.7. The van der Waals surface area contributed by atoms with Gasteiger partial charge in [-0.25, -0.2) is 4.31 Å². The summed E-state index contributed by atoms with van der Waals surface area (Å²) >= 11 is 3.40. The number of likely N-dealkylation sites (N-methyl/N-ethyl adjacent to an activating group) is 1. The molecule has 186 valence electrons. The Bertz CT molecular complexity index is 1120. The Balaban J connectivity index is 2.49. The molecule has 2 aromatic rings. The smallest absolute Gasteiger partial charge is 0.304 e. The predicted octanol–water partition coefficient (Wildman–Crippen LogP) is 3.23. The van der Waals surface area contributed by atoms with Crippen molar-refractivity contribution in [2.75, 3.05) is 31.5 Å². The van der Waals surface area contributed by atoms with Crippen molar-refractivity contribution in [3.63, 3.8) is 0 Å². The molecule has 0 saturated heterocycles. The van der Waals surface area contributed by atoms with Gasteiger partial charge in [0.15, 0.2) is 0 Å². The number of halogens is 1. The van der Waals surface area contributed by atoms with E-state index in [4.69, 9.17) is 0 Å². The van der Waals surface area contributed by atoms with Gasteiger partial charge < -0.3 is 10.2 Å². The molecule has 2 amide bonds. The summed E-state index contributed by atoms with van der Waals surface area (Å²) in [5.41, 5.74) is 2.84. The van der Waals surface area contributed by atoms with Crippen LogP contribution in [0.1, 0.15) is 30.5 Å². The van der Waals surface area contributed by atoms with E-state index in [1.54, 1.807) is 26.8 Å². The van der Waals surface area contributed by atoms with Crippen LogP contribution < -0.4 is 9.62 Å². The third-order valence-electron chi connectivity index (χ3n) is 5.44. The Morgan fingerprint density at radius 2 is 1.68 bits per heavy atom. The lowest BCUT2D eigenvalue weighted by molar-refractivity contribution is -0.139. The molecule has 0 saturated carbocycles. The Hall–Kier alpha value is -2.43. The van der Waals surface area contributed by atoms with Crippen LogP contribution in [0.3, 0.4) is 0 Å². The van der Waals surface area contributed by atoms with Gasteiger partial charge in [0.1, 0.15) is 12.6 Å². The molecule has 0 aliphatic heterocycles. The molecular formula is C24H33BrN4O4S. The molecule has 0 heterocycles. The third-order valence-corrected chi connectivity index (χ3v) is 7.77. The molecule has 0 fully saturated rings. The van der Waals surface area contributed by atoms with Gasteiger partial charge in [0.2, 0.25) is 11.8 Å². The highest BCUT2D eigenvalue weighted by atomic mass is 79.9. The van der Waals surface area contributed by atoms with E-state index < -0.39 is 28.7 Å². The van der Waals surface area contributed by atoms with Gasteiger partial charge in [-0.3, -0.25) is 9.59 Å². The minimum atomic E-state index is -3.98. The molecule has 2 rings (SSSR count). The van der Waals surface area contributed by atoms with Gasteiger partial charge in [-0.05, 0) is 62.6 Å². The van der Waals surface area contributed by atoms with E-state index in [0.29, 0.717) is 12.2 Å². The fraction of sp³-hybridized carbons (Fsp3) is 0.417. The SMILES string of the molecule is CCNC(=O)[C@H](C)N(Cc1ccc(Br)cc1)C(=O)CN(c1cc(C)ccc1C)S(=O)(=O)N(C)C. The van der Waals surface area contributed by atoms with Gasteiger partial charge in [-0.1, -0.05) is 40.2 Å². The molecular weight excluding hydrogens is 520 g/mol. The molecule has 8 nitrogen and oxygen atoms in total. The van der Waals surface area contributed by atoms with Gasteiger partial charge in [-0.2, -0.15) is 12.7 Å². The topological polar surface area (TPSA) is 90.0 Å². The summed E-state index contributed by atoms with van der Waals surface area (Å²) < 4.78 is 29.6. The molecule has 0 bridgehead atoms.